The van der Waals surface area contributed by atoms with Crippen molar-refractivity contribution in [2.75, 3.05) is 32.3 Å². The first-order chi connectivity index (χ1) is 20.2. The zero-order valence-corrected chi connectivity index (χ0v) is 23.8. The van der Waals surface area contributed by atoms with Crippen molar-refractivity contribution in [3.63, 3.8) is 0 Å². The van der Waals surface area contributed by atoms with Crippen LogP contribution in [0.4, 0.5) is 5.69 Å². The molecule has 1 amide bonds. The molecule has 3 N–H and O–H groups in total. The van der Waals surface area contributed by atoms with Gasteiger partial charge in [-0.05, 0) is 71.5 Å². The summed E-state index contributed by atoms with van der Waals surface area (Å²) in [5.41, 5.74) is 3.80. The minimum atomic E-state index is -1.02. The van der Waals surface area contributed by atoms with E-state index in [1.165, 1.54) is 0 Å². The predicted octanol–water partition coefficient (Wildman–Crippen LogP) is 4.73. The molecule has 1 fully saturated rings. The summed E-state index contributed by atoms with van der Waals surface area (Å²) >= 11 is 0. The number of hydrogen-bond donors (Lipinski definition) is 3. The number of nitrogens with one attached hydrogen (secondary N) is 1. The van der Waals surface area contributed by atoms with Crippen LogP contribution in [-0.4, -0.2) is 60.0 Å². The van der Waals surface area contributed by atoms with Crippen LogP contribution in [0.5, 0.6) is 17.2 Å². The van der Waals surface area contributed by atoms with Gasteiger partial charge in [-0.3, -0.25) is 14.5 Å². The highest BCUT2D eigenvalue weighted by molar-refractivity contribution is 5.96. The molecule has 3 atom stereocenters. The topological polar surface area (TPSA) is 135 Å². The Kier molecular flexibility index (Phi) is 8.35. The van der Waals surface area contributed by atoms with Crippen LogP contribution in [0.2, 0.25) is 0 Å². The normalized spacial score (nSPS) is 19.5. The summed E-state index contributed by atoms with van der Waals surface area (Å²) in [5, 5.41) is 23.1. The number of fused-ring (bicyclic) bond motifs is 1. The summed E-state index contributed by atoms with van der Waals surface area (Å²) < 4.78 is 16.3. The second kappa shape index (κ2) is 12.1. The third kappa shape index (κ3) is 5.62. The van der Waals surface area contributed by atoms with Crippen molar-refractivity contribution in [3.05, 3.63) is 82.4 Å². The molecule has 1 saturated heterocycles. The highest BCUT2D eigenvalue weighted by Crippen LogP contribution is 2.47. The zero-order chi connectivity index (χ0) is 30.0. The number of ether oxygens (including phenoxy) is 3. The molecule has 2 aliphatic heterocycles. The predicted molar refractivity (Wildman–Crippen MR) is 155 cm³/mol. The van der Waals surface area contributed by atoms with Crippen LogP contribution >= 0.6 is 0 Å². The Morgan fingerprint density at radius 3 is 2.17 bits per heavy atom. The highest BCUT2D eigenvalue weighted by atomic mass is 16.7. The number of anilines is 1. The fraction of sp³-hybridized carbons (Fsp3) is 0.344. The molecule has 10 nitrogen and oxygen atoms in total. The van der Waals surface area contributed by atoms with E-state index in [9.17, 15) is 24.6 Å². The number of likely N-dealkylation sites (tertiary alicyclic amines) is 1. The van der Waals surface area contributed by atoms with Gasteiger partial charge in [0.2, 0.25) is 12.7 Å². The minimum Gasteiger partial charge on any atom is -0.497 e. The Bertz CT molecular complexity index is 1480. The maximum atomic E-state index is 13.6. The standard InChI is InChI=1S/C32H34N2O8/c1-4-18-12-22(31(36)37)13-19(5-2)29(18)33-27(35)16-34-15-24(21-8-11-25-26(14-21)42-17-41-25)28(32(38)39)30(34)20-6-9-23(40-3)10-7-20/h6-14,24,28,30H,4-5,15-17H2,1-3H3,(H,33,35)(H,36,37)(H,38,39). The minimum absolute atomic E-state index is 0.0610. The third-order valence-electron chi connectivity index (χ3n) is 8.09. The Morgan fingerprint density at radius 1 is 0.929 bits per heavy atom. The molecule has 3 unspecified atom stereocenters. The molecule has 42 heavy (non-hydrogen) atoms. The highest BCUT2D eigenvalue weighted by Gasteiger charge is 2.48. The quantitative estimate of drug-likeness (QED) is 0.314. The van der Waals surface area contributed by atoms with Crippen LogP contribution in [0, 0.1) is 5.92 Å². The number of aryl methyl sites for hydroxylation is 2. The van der Waals surface area contributed by atoms with Gasteiger partial charge in [0.25, 0.3) is 0 Å². The Labute approximate surface area is 243 Å². The smallest absolute Gasteiger partial charge is 0.335 e. The largest absolute Gasteiger partial charge is 0.497 e. The van der Waals surface area contributed by atoms with Crippen LogP contribution < -0.4 is 19.5 Å². The fourth-order valence-corrected chi connectivity index (χ4v) is 6.05. The molecule has 0 spiro atoms. The van der Waals surface area contributed by atoms with Crippen molar-refractivity contribution in [2.24, 2.45) is 5.92 Å². The number of aliphatic carboxylic acids is 1. The van der Waals surface area contributed by atoms with Crippen LogP contribution in [0.3, 0.4) is 0 Å². The van der Waals surface area contributed by atoms with Gasteiger partial charge in [-0.25, -0.2) is 4.79 Å². The number of nitrogens with zero attached hydrogens (tertiary/aromatic N) is 1. The number of carboxylic acids is 2. The number of carbonyl (C=O) groups excluding carboxylic acids is 1. The Morgan fingerprint density at radius 2 is 1.57 bits per heavy atom. The van der Waals surface area contributed by atoms with Gasteiger partial charge in [-0.15, -0.1) is 0 Å². The molecular formula is C32H34N2O8. The summed E-state index contributed by atoms with van der Waals surface area (Å²) in [6.45, 7) is 4.18. The molecule has 2 heterocycles. The maximum Gasteiger partial charge on any atom is 0.335 e. The number of carboxylic acid groups (broad SMARTS) is 2. The van der Waals surface area contributed by atoms with Crippen LogP contribution in [0.15, 0.2) is 54.6 Å². The van der Waals surface area contributed by atoms with Gasteiger partial charge >= 0.3 is 11.9 Å². The van der Waals surface area contributed by atoms with Gasteiger partial charge in [0.15, 0.2) is 11.5 Å². The van der Waals surface area contributed by atoms with Crippen molar-refractivity contribution >= 4 is 23.5 Å². The first kappa shape index (κ1) is 28.9. The molecule has 220 valence electrons. The van der Waals surface area contributed by atoms with Crippen LogP contribution in [-0.2, 0) is 22.4 Å². The average Bonchev–Trinajstić information content (AvgIpc) is 3.61. The van der Waals surface area contributed by atoms with Crippen molar-refractivity contribution in [2.45, 2.75) is 38.6 Å². The lowest BCUT2D eigenvalue weighted by atomic mass is 9.82. The molecule has 10 heteroatoms. The van der Waals surface area contributed by atoms with Gasteiger partial charge in [0.1, 0.15) is 5.75 Å². The molecule has 0 saturated carbocycles. The number of carbonyl (C=O) groups is 3. The molecule has 3 aromatic carbocycles. The summed E-state index contributed by atoms with van der Waals surface area (Å²) in [7, 11) is 1.56. The van der Waals surface area contributed by atoms with Crippen molar-refractivity contribution in [1.82, 2.24) is 4.90 Å². The van der Waals surface area contributed by atoms with E-state index in [0.717, 1.165) is 22.3 Å². The fourth-order valence-electron chi connectivity index (χ4n) is 6.05. The number of amides is 1. The lowest BCUT2D eigenvalue weighted by Gasteiger charge is -2.27. The lowest BCUT2D eigenvalue weighted by Crippen LogP contribution is -2.35. The van der Waals surface area contributed by atoms with E-state index in [1.54, 1.807) is 37.4 Å². The Hall–Kier alpha value is -4.57. The molecule has 0 aliphatic carbocycles. The summed E-state index contributed by atoms with van der Waals surface area (Å²) in [6, 6.07) is 15.3. The summed E-state index contributed by atoms with van der Waals surface area (Å²) in [5.74, 6) is -1.75. The maximum absolute atomic E-state index is 13.6. The first-order valence-corrected chi connectivity index (χ1v) is 13.9. The van der Waals surface area contributed by atoms with Gasteiger partial charge in [0, 0.05) is 24.2 Å². The molecule has 5 rings (SSSR count). The van der Waals surface area contributed by atoms with E-state index in [-0.39, 0.29) is 24.8 Å². The van der Waals surface area contributed by atoms with Crippen molar-refractivity contribution in [3.8, 4) is 17.2 Å². The number of rotatable bonds is 10. The SMILES string of the molecule is CCc1cc(C(=O)O)cc(CC)c1NC(=O)CN1CC(c2ccc3c(c2)OCO3)C(C(=O)O)C1c1ccc(OC)cc1. The number of aromatic carboxylic acids is 1. The second-order valence-electron chi connectivity index (χ2n) is 10.5. The number of methoxy groups -OCH3 is 1. The number of benzene rings is 3. The first-order valence-electron chi connectivity index (χ1n) is 13.9. The summed E-state index contributed by atoms with van der Waals surface area (Å²) in [6.07, 6.45) is 1.07. The van der Waals surface area contributed by atoms with Crippen molar-refractivity contribution < 1.29 is 38.8 Å². The summed E-state index contributed by atoms with van der Waals surface area (Å²) in [4.78, 5) is 40.0. The van der Waals surface area contributed by atoms with Gasteiger partial charge in [-0.1, -0.05) is 32.0 Å². The second-order valence-corrected chi connectivity index (χ2v) is 10.5. The third-order valence-corrected chi connectivity index (χ3v) is 8.09. The van der Waals surface area contributed by atoms with Gasteiger partial charge in [-0.2, -0.15) is 0 Å². The van der Waals surface area contributed by atoms with E-state index in [4.69, 9.17) is 14.2 Å². The monoisotopic (exact) mass is 574 g/mol. The average molecular weight is 575 g/mol. The molecule has 2 aliphatic rings. The molecule has 3 aromatic rings. The lowest BCUT2D eigenvalue weighted by molar-refractivity contribution is -0.143. The molecule has 0 radical (unpaired) electrons. The van der Waals surface area contributed by atoms with Gasteiger partial charge < -0.3 is 29.7 Å². The molecular weight excluding hydrogens is 540 g/mol. The van der Waals surface area contributed by atoms with Crippen LogP contribution in [0.25, 0.3) is 0 Å². The number of hydrogen-bond acceptors (Lipinski definition) is 7. The van der Waals surface area contributed by atoms with E-state index in [1.807, 2.05) is 43.0 Å². The van der Waals surface area contributed by atoms with E-state index in [2.05, 4.69) is 5.32 Å². The van der Waals surface area contributed by atoms with E-state index in [0.29, 0.717) is 42.3 Å². The van der Waals surface area contributed by atoms with E-state index >= 15 is 0 Å². The van der Waals surface area contributed by atoms with E-state index < -0.39 is 29.8 Å². The molecule has 0 bridgehead atoms. The molecule has 0 aromatic heterocycles. The van der Waals surface area contributed by atoms with Gasteiger partial charge in [0.05, 0.1) is 25.1 Å². The Balaban J connectivity index is 1.49. The van der Waals surface area contributed by atoms with Crippen LogP contribution in [0.1, 0.15) is 58.4 Å². The zero-order valence-electron chi connectivity index (χ0n) is 23.8. The van der Waals surface area contributed by atoms with Crippen molar-refractivity contribution in [1.29, 1.82) is 0 Å².